The molecule has 1 saturated heterocycles. The summed E-state index contributed by atoms with van der Waals surface area (Å²) in [5, 5.41) is 7.32. The number of aryl methyl sites for hydroxylation is 1. The second-order valence-corrected chi connectivity index (χ2v) is 5.62. The number of halogens is 2. The lowest BCUT2D eigenvalue weighted by atomic mass is 10.2. The van der Waals surface area contributed by atoms with Gasteiger partial charge in [-0.2, -0.15) is 4.98 Å². The Hall–Kier alpha value is -2.36. The number of carbonyl (C=O) groups is 1. The van der Waals surface area contributed by atoms with Gasteiger partial charge >= 0.3 is 0 Å². The largest absolute Gasteiger partial charge is 0.384 e. The molecule has 0 radical (unpaired) electrons. The third-order valence-corrected chi connectivity index (χ3v) is 3.68. The van der Waals surface area contributed by atoms with Gasteiger partial charge in [0.05, 0.1) is 13.2 Å². The molecular weight excluding hydrogens is 326 g/mol. The first-order valence-corrected chi connectivity index (χ1v) is 7.33. The summed E-state index contributed by atoms with van der Waals surface area (Å²) in [6, 6.07) is 0.390. The summed E-state index contributed by atoms with van der Waals surface area (Å²) in [7, 11) is 1.53. The molecule has 1 fully saturated rings. The Bertz CT molecular complexity index is 730. The van der Waals surface area contributed by atoms with Crippen molar-refractivity contribution in [3.05, 3.63) is 29.2 Å². The highest BCUT2D eigenvalue weighted by molar-refractivity contribution is 5.92. The molecular formula is C14H16F2N4O4. The van der Waals surface area contributed by atoms with Crippen LogP contribution in [-0.4, -0.2) is 52.3 Å². The molecule has 8 nitrogen and oxygen atoms in total. The van der Waals surface area contributed by atoms with E-state index in [4.69, 9.17) is 13.8 Å². The molecule has 0 bridgehead atoms. The number of nitrogens with zero attached hydrogens (tertiary/aromatic N) is 4. The van der Waals surface area contributed by atoms with Crippen LogP contribution in [0.3, 0.4) is 0 Å². The highest BCUT2D eigenvalue weighted by atomic mass is 19.3. The SMILES string of the molecule is COCCc1noc([C@@H]2CC(F)(F)CN2C(=O)c2cc(C)on2)n1. The van der Waals surface area contributed by atoms with Crippen LogP contribution >= 0.6 is 0 Å². The van der Waals surface area contributed by atoms with E-state index in [1.165, 1.54) is 13.2 Å². The molecule has 3 heterocycles. The van der Waals surface area contributed by atoms with Crippen molar-refractivity contribution in [1.29, 1.82) is 0 Å². The van der Waals surface area contributed by atoms with Crippen molar-refractivity contribution in [2.24, 2.45) is 0 Å². The lowest BCUT2D eigenvalue weighted by Gasteiger charge is -2.19. The van der Waals surface area contributed by atoms with Crippen LogP contribution in [0.25, 0.3) is 0 Å². The fourth-order valence-corrected chi connectivity index (χ4v) is 2.56. The number of alkyl halides is 2. The van der Waals surface area contributed by atoms with E-state index in [2.05, 4.69) is 15.3 Å². The maximum absolute atomic E-state index is 13.9. The van der Waals surface area contributed by atoms with Crippen LogP contribution in [0.2, 0.25) is 0 Å². The lowest BCUT2D eigenvalue weighted by Crippen LogP contribution is -2.33. The standard InChI is InChI=1S/C14H16F2N4O4/c1-8-5-9(18-23-8)13(21)20-7-14(15,16)6-10(20)12-17-11(19-24-12)3-4-22-2/h5,10H,3-4,6-7H2,1-2H3/t10-/m0/s1. The quantitative estimate of drug-likeness (QED) is 0.817. The molecule has 24 heavy (non-hydrogen) atoms. The summed E-state index contributed by atoms with van der Waals surface area (Å²) in [6.07, 6.45) is -0.193. The third-order valence-electron chi connectivity index (χ3n) is 3.68. The van der Waals surface area contributed by atoms with E-state index in [1.54, 1.807) is 6.92 Å². The van der Waals surface area contributed by atoms with Gasteiger partial charge in [0.15, 0.2) is 11.5 Å². The number of rotatable bonds is 5. The zero-order chi connectivity index (χ0) is 17.3. The molecule has 0 aliphatic carbocycles. The van der Waals surface area contributed by atoms with Crippen molar-refractivity contribution in [1.82, 2.24) is 20.2 Å². The van der Waals surface area contributed by atoms with Gasteiger partial charge in [0.25, 0.3) is 11.8 Å². The van der Waals surface area contributed by atoms with Crippen molar-refractivity contribution in [3.63, 3.8) is 0 Å². The van der Waals surface area contributed by atoms with Crippen LogP contribution in [0.15, 0.2) is 15.1 Å². The van der Waals surface area contributed by atoms with Gasteiger partial charge in [-0.1, -0.05) is 10.3 Å². The first-order valence-electron chi connectivity index (χ1n) is 7.33. The fourth-order valence-electron chi connectivity index (χ4n) is 2.56. The Labute approximate surface area is 135 Å². The topological polar surface area (TPSA) is 94.5 Å². The molecule has 0 saturated carbocycles. The molecule has 130 valence electrons. The maximum atomic E-state index is 13.9. The van der Waals surface area contributed by atoms with Crippen LogP contribution in [0, 0.1) is 6.92 Å². The van der Waals surface area contributed by atoms with Gasteiger partial charge < -0.3 is 18.7 Å². The second-order valence-electron chi connectivity index (χ2n) is 5.62. The predicted molar refractivity (Wildman–Crippen MR) is 74.5 cm³/mol. The van der Waals surface area contributed by atoms with Crippen molar-refractivity contribution in [2.75, 3.05) is 20.3 Å². The van der Waals surface area contributed by atoms with Crippen LogP contribution in [0.5, 0.6) is 0 Å². The number of aromatic nitrogens is 3. The Balaban J connectivity index is 1.84. The Morgan fingerprint density at radius 2 is 2.25 bits per heavy atom. The third kappa shape index (κ3) is 3.28. The van der Waals surface area contributed by atoms with Crippen molar-refractivity contribution in [3.8, 4) is 0 Å². The molecule has 1 aliphatic rings. The summed E-state index contributed by atoms with van der Waals surface area (Å²) >= 11 is 0. The van der Waals surface area contributed by atoms with Gasteiger partial charge in [-0.25, -0.2) is 8.78 Å². The Morgan fingerprint density at radius 3 is 2.92 bits per heavy atom. The zero-order valence-electron chi connectivity index (χ0n) is 13.2. The van der Waals surface area contributed by atoms with Crippen molar-refractivity contribution in [2.45, 2.75) is 31.7 Å². The fraction of sp³-hybridized carbons (Fsp3) is 0.571. The van der Waals surface area contributed by atoms with Gasteiger partial charge in [0.1, 0.15) is 11.8 Å². The molecule has 2 aromatic rings. The van der Waals surface area contributed by atoms with Gasteiger partial charge in [-0.3, -0.25) is 4.79 Å². The average molecular weight is 342 g/mol. The Kier molecular flexibility index (Phi) is 4.31. The second kappa shape index (κ2) is 6.27. The van der Waals surface area contributed by atoms with Crippen molar-refractivity contribution < 1.29 is 27.4 Å². The molecule has 1 amide bonds. The molecule has 0 spiro atoms. The molecule has 0 N–H and O–H groups in total. The van der Waals surface area contributed by atoms with Gasteiger partial charge in [0.2, 0.25) is 5.89 Å². The lowest BCUT2D eigenvalue weighted by molar-refractivity contribution is 0.0115. The summed E-state index contributed by atoms with van der Waals surface area (Å²) in [5.41, 5.74) is -0.0330. The Morgan fingerprint density at radius 1 is 1.46 bits per heavy atom. The smallest absolute Gasteiger partial charge is 0.276 e. The summed E-state index contributed by atoms with van der Waals surface area (Å²) < 4.78 is 42.6. The molecule has 1 atom stereocenters. The number of amides is 1. The zero-order valence-corrected chi connectivity index (χ0v) is 13.2. The number of likely N-dealkylation sites (tertiary alicyclic amines) is 1. The van der Waals surface area contributed by atoms with Crippen LogP contribution < -0.4 is 0 Å². The number of methoxy groups -OCH3 is 1. The average Bonchev–Trinajstić information content (AvgIpc) is 3.22. The van der Waals surface area contributed by atoms with E-state index in [9.17, 15) is 13.6 Å². The molecule has 10 heteroatoms. The first-order chi connectivity index (χ1) is 11.4. The molecule has 0 aromatic carbocycles. The number of carbonyl (C=O) groups excluding carboxylic acids is 1. The van der Waals surface area contributed by atoms with Crippen LogP contribution in [0.1, 0.15) is 40.4 Å². The van der Waals surface area contributed by atoms with E-state index in [1.807, 2.05) is 0 Å². The van der Waals surface area contributed by atoms with Crippen molar-refractivity contribution >= 4 is 5.91 Å². The monoisotopic (exact) mass is 342 g/mol. The van der Waals surface area contributed by atoms with E-state index >= 15 is 0 Å². The predicted octanol–water partition coefficient (Wildman–Crippen LogP) is 1.78. The normalized spacial score (nSPS) is 19.8. The van der Waals surface area contributed by atoms with Gasteiger partial charge in [-0.05, 0) is 6.92 Å². The molecule has 1 aliphatic heterocycles. The minimum absolute atomic E-state index is 0.0214. The summed E-state index contributed by atoms with van der Waals surface area (Å²) in [4.78, 5) is 17.6. The van der Waals surface area contributed by atoms with E-state index in [0.29, 0.717) is 24.6 Å². The maximum Gasteiger partial charge on any atom is 0.276 e. The number of hydrogen-bond donors (Lipinski definition) is 0. The highest BCUT2D eigenvalue weighted by Crippen LogP contribution is 2.41. The summed E-state index contributed by atoms with van der Waals surface area (Å²) in [5.74, 6) is -2.97. The minimum Gasteiger partial charge on any atom is -0.384 e. The summed E-state index contributed by atoms with van der Waals surface area (Å²) in [6.45, 7) is 1.25. The van der Waals surface area contributed by atoms with E-state index < -0.39 is 30.8 Å². The number of hydrogen-bond acceptors (Lipinski definition) is 7. The number of ether oxygens (including phenoxy) is 1. The van der Waals surface area contributed by atoms with Crippen LogP contribution in [-0.2, 0) is 11.2 Å². The highest BCUT2D eigenvalue weighted by Gasteiger charge is 2.50. The molecule has 2 aromatic heterocycles. The van der Waals surface area contributed by atoms with Crippen LogP contribution in [0.4, 0.5) is 8.78 Å². The van der Waals surface area contributed by atoms with E-state index in [0.717, 1.165) is 4.90 Å². The molecule has 0 unspecified atom stereocenters. The van der Waals surface area contributed by atoms with Gasteiger partial charge in [-0.15, -0.1) is 0 Å². The van der Waals surface area contributed by atoms with Gasteiger partial charge in [0, 0.05) is 26.0 Å². The molecule has 3 rings (SSSR count). The van der Waals surface area contributed by atoms with E-state index in [-0.39, 0.29) is 11.6 Å². The minimum atomic E-state index is -3.04. The first kappa shape index (κ1) is 16.5.